The zero-order valence-corrected chi connectivity index (χ0v) is 11.1. The third-order valence-electron chi connectivity index (χ3n) is 2.61. The van der Waals surface area contributed by atoms with Crippen molar-refractivity contribution in [2.75, 3.05) is 5.73 Å². The van der Waals surface area contributed by atoms with Gasteiger partial charge in [-0.2, -0.15) is 23.0 Å². The number of rotatable bonds is 2. The predicted octanol–water partition coefficient (Wildman–Crippen LogP) is 2.39. The highest BCUT2D eigenvalue weighted by molar-refractivity contribution is 7.13. The molecule has 0 amide bonds. The summed E-state index contributed by atoms with van der Waals surface area (Å²) in [7, 11) is 0. The number of alkyl halides is 3. The van der Waals surface area contributed by atoms with Gasteiger partial charge < -0.3 is 5.73 Å². The largest absolute Gasteiger partial charge is 0.435 e. The van der Waals surface area contributed by atoms with Gasteiger partial charge in [-0.1, -0.05) is 0 Å². The van der Waals surface area contributed by atoms with E-state index in [9.17, 15) is 13.2 Å². The normalized spacial score (nSPS) is 11.8. The zero-order valence-electron chi connectivity index (χ0n) is 10.2. The summed E-state index contributed by atoms with van der Waals surface area (Å²) in [4.78, 5) is 11.8. The molecule has 108 valence electrons. The van der Waals surface area contributed by atoms with E-state index in [1.165, 1.54) is 30.2 Å². The van der Waals surface area contributed by atoms with Gasteiger partial charge in [-0.05, 0) is 6.07 Å². The Balaban J connectivity index is 2.26. The minimum atomic E-state index is -4.65. The number of nitrogens with two attached hydrogens (primary N) is 1. The summed E-state index contributed by atoms with van der Waals surface area (Å²) in [6.45, 7) is 0. The summed E-state index contributed by atoms with van der Waals surface area (Å²) in [5.41, 5.74) is 5.95. The van der Waals surface area contributed by atoms with Crippen LogP contribution in [0.3, 0.4) is 0 Å². The van der Waals surface area contributed by atoms with Crippen LogP contribution in [-0.2, 0) is 6.18 Å². The molecule has 0 aliphatic heterocycles. The van der Waals surface area contributed by atoms with Gasteiger partial charge in [0.25, 0.3) is 5.95 Å². The molecule has 0 saturated heterocycles. The van der Waals surface area contributed by atoms with Crippen LogP contribution in [0.15, 0.2) is 30.2 Å². The molecule has 0 bridgehead atoms. The van der Waals surface area contributed by atoms with Crippen LogP contribution in [0, 0.1) is 0 Å². The molecule has 0 radical (unpaired) electrons. The highest BCUT2D eigenvalue weighted by atomic mass is 32.1. The van der Waals surface area contributed by atoms with Crippen molar-refractivity contribution < 1.29 is 13.2 Å². The maximum atomic E-state index is 13.2. The van der Waals surface area contributed by atoms with Crippen LogP contribution in [-0.4, -0.2) is 24.7 Å². The number of halogens is 3. The van der Waals surface area contributed by atoms with E-state index in [0.29, 0.717) is 0 Å². The summed E-state index contributed by atoms with van der Waals surface area (Å²) in [5, 5.41) is 3.53. The molecular weight excluding hydrogens is 305 g/mol. The summed E-state index contributed by atoms with van der Waals surface area (Å²) in [6, 6.07) is 1.54. The molecule has 0 fully saturated rings. The predicted molar refractivity (Wildman–Crippen MR) is 69.7 cm³/mol. The highest BCUT2D eigenvalue weighted by Gasteiger charge is 2.40. The second-order valence-corrected chi connectivity index (χ2v) is 4.82. The SMILES string of the molecule is Nc1c(-c2cncs2)c(C(F)(F)F)nn1-c1ncccn1. The summed E-state index contributed by atoms with van der Waals surface area (Å²) in [5.74, 6) is -0.214. The van der Waals surface area contributed by atoms with Gasteiger partial charge in [0.05, 0.1) is 16.0 Å². The molecule has 3 rings (SSSR count). The molecule has 0 unspecified atom stereocenters. The number of nitrogens with zero attached hydrogens (tertiary/aromatic N) is 5. The van der Waals surface area contributed by atoms with Gasteiger partial charge in [-0.15, -0.1) is 11.3 Å². The van der Waals surface area contributed by atoms with Gasteiger partial charge in [-0.25, -0.2) is 9.97 Å². The second-order valence-electron chi connectivity index (χ2n) is 3.93. The van der Waals surface area contributed by atoms with Gasteiger partial charge in [0.15, 0.2) is 5.69 Å². The number of anilines is 1. The van der Waals surface area contributed by atoms with E-state index in [1.54, 1.807) is 0 Å². The third-order valence-corrected chi connectivity index (χ3v) is 3.40. The lowest BCUT2D eigenvalue weighted by molar-refractivity contribution is -0.140. The molecule has 0 aromatic carbocycles. The topological polar surface area (TPSA) is 82.5 Å². The first kappa shape index (κ1) is 13.5. The fourth-order valence-corrected chi connectivity index (χ4v) is 2.44. The average Bonchev–Trinajstić information content (AvgIpc) is 3.06. The molecule has 0 aliphatic rings. The maximum absolute atomic E-state index is 13.2. The molecule has 2 N–H and O–H groups in total. The monoisotopic (exact) mass is 312 g/mol. The fourth-order valence-electron chi connectivity index (χ4n) is 1.76. The van der Waals surface area contributed by atoms with Crippen LogP contribution >= 0.6 is 11.3 Å². The van der Waals surface area contributed by atoms with E-state index < -0.39 is 11.9 Å². The number of hydrogen-bond acceptors (Lipinski definition) is 6. The van der Waals surface area contributed by atoms with Crippen molar-refractivity contribution >= 4 is 17.2 Å². The van der Waals surface area contributed by atoms with Crippen molar-refractivity contribution in [1.29, 1.82) is 0 Å². The van der Waals surface area contributed by atoms with E-state index in [-0.39, 0.29) is 22.2 Å². The van der Waals surface area contributed by atoms with Gasteiger partial charge in [0, 0.05) is 18.6 Å². The van der Waals surface area contributed by atoms with E-state index in [0.717, 1.165) is 16.0 Å². The average molecular weight is 312 g/mol. The molecule has 0 spiro atoms. The smallest absolute Gasteiger partial charge is 0.383 e. The van der Waals surface area contributed by atoms with E-state index in [1.807, 2.05) is 0 Å². The first-order valence-electron chi connectivity index (χ1n) is 5.60. The first-order chi connectivity index (χ1) is 9.98. The molecule has 0 aliphatic carbocycles. The molecule has 3 heterocycles. The van der Waals surface area contributed by atoms with E-state index in [2.05, 4.69) is 20.1 Å². The maximum Gasteiger partial charge on any atom is 0.435 e. The number of nitrogen functional groups attached to an aromatic ring is 1. The standard InChI is InChI=1S/C11H7F3N6S/c12-11(13,14)8-7(6-4-16-5-21-6)9(15)20(19-8)10-17-2-1-3-18-10/h1-5H,15H2. The Morgan fingerprint density at radius 2 is 1.90 bits per heavy atom. The van der Waals surface area contributed by atoms with Crippen molar-refractivity contribution in [2.45, 2.75) is 6.18 Å². The highest BCUT2D eigenvalue weighted by Crippen LogP contribution is 2.41. The Morgan fingerprint density at radius 3 is 2.48 bits per heavy atom. The Labute approximate surface area is 120 Å². The zero-order chi connectivity index (χ0) is 15.0. The van der Waals surface area contributed by atoms with Crippen molar-refractivity contribution in [3.8, 4) is 16.4 Å². The second kappa shape index (κ2) is 4.81. The van der Waals surface area contributed by atoms with Crippen LogP contribution in [0.25, 0.3) is 16.4 Å². The van der Waals surface area contributed by atoms with Crippen molar-refractivity contribution in [3.63, 3.8) is 0 Å². The molecule has 3 aromatic heterocycles. The summed E-state index contributed by atoms with van der Waals surface area (Å²) >= 11 is 1.04. The Morgan fingerprint density at radius 1 is 1.19 bits per heavy atom. The Hall–Kier alpha value is -2.49. The third kappa shape index (κ3) is 2.33. The molecular formula is C11H7F3N6S. The Bertz CT molecular complexity index is 750. The van der Waals surface area contributed by atoms with Gasteiger partial charge >= 0.3 is 6.18 Å². The molecule has 10 heteroatoms. The minimum Gasteiger partial charge on any atom is -0.383 e. The van der Waals surface area contributed by atoms with Gasteiger partial charge in [0.1, 0.15) is 5.82 Å². The van der Waals surface area contributed by atoms with Crippen LogP contribution < -0.4 is 5.73 Å². The van der Waals surface area contributed by atoms with Crippen LogP contribution in [0.4, 0.5) is 19.0 Å². The number of aromatic nitrogens is 5. The first-order valence-corrected chi connectivity index (χ1v) is 6.48. The van der Waals surface area contributed by atoms with Crippen LogP contribution in [0.1, 0.15) is 5.69 Å². The van der Waals surface area contributed by atoms with Crippen molar-refractivity contribution in [2.24, 2.45) is 0 Å². The molecule has 0 atom stereocenters. The Kier molecular flexibility index (Phi) is 3.09. The molecule has 0 saturated carbocycles. The van der Waals surface area contributed by atoms with Gasteiger partial charge in [-0.3, -0.25) is 4.98 Å². The number of thiazole rings is 1. The minimum absolute atomic E-state index is 0.0312. The molecule has 21 heavy (non-hydrogen) atoms. The van der Waals surface area contributed by atoms with Crippen molar-refractivity contribution in [3.05, 3.63) is 35.9 Å². The lowest BCUT2D eigenvalue weighted by atomic mass is 10.2. The molecule has 6 nitrogen and oxygen atoms in total. The summed E-state index contributed by atoms with van der Waals surface area (Å²) in [6.07, 6.45) is -0.552. The van der Waals surface area contributed by atoms with Crippen molar-refractivity contribution in [1.82, 2.24) is 24.7 Å². The lowest BCUT2D eigenvalue weighted by Crippen LogP contribution is -2.09. The lowest BCUT2D eigenvalue weighted by Gasteiger charge is -2.04. The van der Waals surface area contributed by atoms with E-state index in [4.69, 9.17) is 5.73 Å². The molecule has 3 aromatic rings. The summed E-state index contributed by atoms with van der Waals surface area (Å²) < 4.78 is 40.4. The fraction of sp³-hybridized carbons (Fsp3) is 0.0909. The van der Waals surface area contributed by atoms with Gasteiger partial charge in [0.2, 0.25) is 0 Å². The van der Waals surface area contributed by atoms with E-state index >= 15 is 0 Å². The number of hydrogen-bond donors (Lipinski definition) is 1. The van der Waals surface area contributed by atoms with Crippen LogP contribution in [0.2, 0.25) is 0 Å². The van der Waals surface area contributed by atoms with Crippen LogP contribution in [0.5, 0.6) is 0 Å². The quantitative estimate of drug-likeness (QED) is 0.785.